The molecule has 0 radical (unpaired) electrons. The van der Waals surface area contributed by atoms with Crippen LogP contribution in [0.3, 0.4) is 0 Å². The van der Waals surface area contributed by atoms with Crippen LogP contribution < -0.4 is 0 Å². The lowest BCUT2D eigenvalue weighted by molar-refractivity contribution is -0.144. The van der Waals surface area contributed by atoms with Gasteiger partial charge in [0.2, 0.25) is 0 Å². The number of hydrogen-bond donors (Lipinski definition) is 1. The average molecular weight is 244 g/mol. The second kappa shape index (κ2) is 5.23. The van der Waals surface area contributed by atoms with E-state index in [2.05, 4.69) is 0 Å². The van der Waals surface area contributed by atoms with Crippen LogP contribution in [-0.2, 0) is 14.9 Å². The van der Waals surface area contributed by atoms with Gasteiger partial charge in [-0.1, -0.05) is 0 Å². The fourth-order valence-electron chi connectivity index (χ4n) is 1.58. The van der Waals surface area contributed by atoms with E-state index in [0.717, 1.165) is 18.2 Å². The molecular formula is C12H14F2O3. The highest BCUT2D eigenvalue weighted by Gasteiger charge is 2.37. The second-order valence-corrected chi connectivity index (χ2v) is 4.00. The van der Waals surface area contributed by atoms with Crippen LogP contribution in [0.25, 0.3) is 0 Å². The summed E-state index contributed by atoms with van der Waals surface area (Å²) < 4.78 is 31.5. The minimum Gasteiger partial charge on any atom is -0.481 e. The van der Waals surface area contributed by atoms with Gasteiger partial charge in [-0.15, -0.1) is 0 Å². The lowest BCUT2D eigenvalue weighted by Crippen LogP contribution is -2.34. The number of rotatable bonds is 5. The zero-order valence-corrected chi connectivity index (χ0v) is 9.67. The van der Waals surface area contributed by atoms with Crippen molar-refractivity contribution in [3.63, 3.8) is 0 Å². The number of aliphatic carboxylic acids is 1. The third kappa shape index (κ3) is 2.79. The largest absolute Gasteiger partial charge is 0.481 e. The van der Waals surface area contributed by atoms with E-state index in [1.54, 1.807) is 0 Å². The van der Waals surface area contributed by atoms with E-state index in [1.165, 1.54) is 14.0 Å². The maximum atomic E-state index is 13.6. The molecule has 1 aromatic rings. The minimum atomic E-state index is -1.50. The molecule has 0 bridgehead atoms. The first-order valence-electron chi connectivity index (χ1n) is 5.09. The number of carboxylic acid groups (broad SMARTS) is 1. The second-order valence-electron chi connectivity index (χ2n) is 4.00. The van der Waals surface area contributed by atoms with E-state index in [-0.39, 0.29) is 18.6 Å². The normalized spacial score (nSPS) is 14.4. The molecule has 0 fully saturated rings. The van der Waals surface area contributed by atoms with E-state index in [9.17, 15) is 18.7 Å². The van der Waals surface area contributed by atoms with Crippen molar-refractivity contribution in [1.82, 2.24) is 0 Å². The lowest BCUT2D eigenvalue weighted by atomic mass is 9.79. The molecular weight excluding hydrogens is 230 g/mol. The summed E-state index contributed by atoms with van der Waals surface area (Å²) in [4.78, 5) is 11.2. The van der Waals surface area contributed by atoms with Crippen LogP contribution in [-0.4, -0.2) is 24.8 Å². The van der Waals surface area contributed by atoms with E-state index in [1.807, 2.05) is 0 Å². The van der Waals surface area contributed by atoms with Gasteiger partial charge in [0.05, 0.1) is 5.41 Å². The molecule has 1 unspecified atom stereocenters. The highest BCUT2D eigenvalue weighted by Crippen LogP contribution is 2.30. The molecule has 0 aromatic heterocycles. The average Bonchev–Trinajstić information content (AvgIpc) is 2.29. The van der Waals surface area contributed by atoms with Gasteiger partial charge >= 0.3 is 5.97 Å². The summed E-state index contributed by atoms with van der Waals surface area (Å²) in [7, 11) is 1.42. The number of methoxy groups -OCH3 is 1. The summed E-state index contributed by atoms with van der Waals surface area (Å²) in [5, 5.41) is 9.18. The Kier molecular flexibility index (Phi) is 4.17. The maximum Gasteiger partial charge on any atom is 0.314 e. The molecule has 17 heavy (non-hydrogen) atoms. The topological polar surface area (TPSA) is 46.5 Å². The molecule has 0 spiro atoms. The van der Waals surface area contributed by atoms with Crippen LogP contribution in [0.15, 0.2) is 18.2 Å². The number of benzene rings is 1. The van der Waals surface area contributed by atoms with E-state index < -0.39 is 23.0 Å². The molecule has 0 amide bonds. The van der Waals surface area contributed by atoms with Crippen molar-refractivity contribution >= 4 is 5.97 Å². The van der Waals surface area contributed by atoms with Crippen LogP contribution in [0.4, 0.5) is 8.78 Å². The number of halogens is 2. The Morgan fingerprint density at radius 3 is 2.65 bits per heavy atom. The van der Waals surface area contributed by atoms with E-state index >= 15 is 0 Å². The first-order chi connectivity index (χ1) is 7.91. The number of carbonyl (C=O) groups is 1. The third-order valence-corrected chi connectivity index (χ3v) is 2.80. The molecule has 0 aliphatic carbocycles. The summed E-state index contributed by atoms with van der Waals surface area (Å²) in [6, 6.07) is 2.80. The molecule has 0 aliphatic heterocycles. The van der Waals surface area contributed by atoms with Gasteiger partial charge in [-0.2, -0.15) is 0 Å². The van der Waals surface area contributed by atoms with Crippen LogP contribution in [0.2, 0.25) is 0 Å². The summed E-state index contributed by atoms with van der Waals surface area (Å²) in [6.45, 7) is 1.50. The van der Waals surface area contributed by atoms with Gasteiger partial charge in [0.1, 0.15) is 11.6 Å². The minimum absolute atomic E-state index is 0.0687. The van der Waals surface area contributed by atoms with Crippen molar-refractivity contribution in [3.8, 4) is 0 Å². The molecule has 1 aromatic carbocycles. The van der Waals surface area contributed by atoms with E-state index in [0.29, 0.717) is 0 Å². The van der Waals surface area contributed by atoms with Gasteiger partial charge in [-0.05, 0) is 31.5 Å². The summed E-state index contributed by atoms with van der Waals surface area (Å²) >= 11 is 0. The van der Waals surface area contributed by atoms with Crippen molar-refractivity contribution in [3.05, 3.63) is 35.4 Å². The standard InChI is InChI=1S/C12H14F2O3/c1-12(11(15)16,5-6-17-2)9-7-8(13)3-4-10(9)14/h3-4,7H,5-6H2,1-2H3,(H,15,16). The van der Waals surface area contributed by atoms with Gasteiger partial charge in [0.25, 0.3) is 0 Å². The van der Waals surface area contributed by atoms with Gasteiger partial charge in [0.15, 0.2) is 0 Å². The third-order valence-electron chi connectivity index (χ3n) is 2.80. The van der Waals surface area contributed by atoms with Crippen LogP contribution in [0.5, 0.6) is 0 Å². The Bertz CT molecular complexity index is 420. The van der Waals surface area contributed by atoms with Gasteiger partial charge in [-0.25, -0.2) is 8.78 Å². The molecule has 0 saturated heterocycles. The molecule has 94 valence electrons. The number of carboxylic acids is 1. The molecule has 1 atom stereocenters. The zero-order valence-electron chi connectivity index (χ0n) is 9.67. The van der Waals surface area contributed by atoms with Crippen molar-refractivity contribution in [1.29, 1.82) is 0 Å². The van der Waals surface area contributed by atoms with E-state index in [4.69, 9.17) is 4.74 Å². The van der Waals surface area contributed by atoms with Crippen molar-refractivity contribution in [2.75, 3.05) is 13.7 Å². The summed E-state index contributed by atoms with van der Waals surface area (Å²) in [5.74, 6) is -2.60. The molecule has 1 N–H and O–H groups in total. The van der Waals surface area contributed by atoms with Crippen molar-refractivity contribution < 1.29 is 23.4 Å². The smallest absolute Gasteiger partial charge is 0.314 e. The highest BCUT2D eigenvalue weighted by molar-refractivity contribution is 5.80. The van der Waals surface area contributed by atoms with Crippen molar-refractivity contribution in [2.24, 2.45) is 0 Å². The van der Waals surface area contributed by atoms with Crippen molar-refractivity contribution in [2.45, 2.75) is 18.8 Å². The van der Waals surface area contributed by atoms with Crippen LogP contribution >= 0.6 is 0 Å². The predicted molar refractivity (Wildman–Crippen MR) is 57.8 cm³/mol. The summed E-state index contributed by atoms with van der Waals surface area (Å²) in [6.07, 6.45) is 0.0687. The Morgan fingerprint density at radius 2 is 2.12 bits per heavy atom. The Labute approximate surface area is 98.0 Å². The molecule has 3 nitrogen and oxygen atoms in total. The predicted octanol–water partition coefficient (Wildman–Crippen LogP) is 2.34. The van der Waals surface area contributed by atoms with Gasteiger partial charge in [-0.3, -0.25) is 4.79 Å². The molecule has 1 rings (SSSR count). The zero-order chi connectivity index (χ0) is 13.1. The quantitative estimate of drug-likeness (QED) is 0.864. The maximum absolute atomic E-state index is 13.6. The number of hydrogen-bond acceptors (Lipinski definition) is 2. The number of ether oxygens (including phenoxy) is 1. The fourth-order valence-corrected chi connectivity index (χ4v) is 1.58. The molecule has 0 heterocycles. The Morgan fingerprint density at radius 1 is 1.47 bits per heavy atom. The first-order valence-corrected chi connectivity index (χ1v) is 5.09. The Hall–Kier alpha value is -1.49. The highest BCUT2D eigenvalue weighted by atomic mass is 19.1. The summed E-state index contributed by atoms with van der Waals surface area (Å²) in [5.41, 5.74) is -1.66. The first kappa shape index (κ1) is 13.6. The molecule has 5 heteroatoms. The van der Waals surface area contributed by atoms with Gasteiger partial charge in [0, 0.05) is 19.3 Å². The van der Waals surface area contributed by atoms with Crippen LogP contribution in [0, 0.1) is 11.6 Å². The monoisotopic (exact) mass is 244 g/mol. The Balaban J connectivity index is 3.21. The van der Waals surface area contributed by atoms with Crippen LogP contribution in [0.1, 0.15) is 18.9 Å². The SMILES string of the molecule is COCCC(C)(C(=O)O)c1cc(F)ccc1F. The molecule has 0 saturated carbocycles. The fraction of sp³-hybridized carbons (Fsp3) is 0.417. The van der Waals surface area contributed by atoms with Gasteiger partial charge < -0.3 is 9.84 Å². The molecule has 0 aliphatic rings. The lowest BCUT2D eigenvalue weighted by Gasteiger charge is -2.25.